The van der Waals surface area contributed by atoms with Crippen molar-refractivity contribution < 1.29 is 24.1 Å². The molecule has 2 aromatic carbocycles. The van der Waals surface area contributed by atoms with E-state index in [9.17, 15) is 4.79 Å². The average molecular weight is 355 g/mol. The number of carbonyl (C=O) groups is 1. The maximum atomic E-state index is 10.8. The van der Waals surface area contributed by atoms with Crippen LogP contribution in [-0.2, 0) is 6.61 Å². The number of nitrogens with zero attached hydrogens (tertiary/aromatic N) is 1. The van der Waals surface area contributed by atoms with E-state index in [1.165, 1.54) is 16.7 Å². The lowest BCUT2D eigenvalue weighted by atomic mass is 10.1. The second-order valence-corrected chi connectivity index (χ2v) is 6.26. The van der Waals surface area contributed by atoms with Crippen LogP contribution in [0.2, 0.25) is 0 Å². The van der Waals surface area contributed by atoms with Crippen LogP contribution < -0.4 is 14.2 Å². The summed E-state index contributed by atoms with van der Waals surface area (Å²) in [5, 5.41) is 11.0. The van der Waals surface area contributed by atoms with Gasteiger partial charge in [-0.15, -0.1) is 11.3 Å². The Morgan fingerprint density at radius 2 is 1.88 bits per heavy atom. The molecule has 3 aromatic rings. The van der Waals surface area contributed by atoms with Crippen molar-refractivity contribution >= 4 is 17.3 Å². The predicted octanol–water partition coefficient (Wildman–Crippen LogP) is 3.82. The zero-order chi connectivity index (χ0) is 17.2. The molecule has 4 rings (SSSR count). The minimum absolute atomic E-state index is 0.0433. The summed E-state index contributed by atoms with van der Waals surface area (Å²) in [5.41, 5.74) is 2.11. The number of carboxylic acids is 1. The highest BCUT2D eigenvalue weighted by Crippen LogP contribution is 2.36. The van der Waals surface area contributed by atoms with Crippen LogP contribution in [0.5, 0.6) is 17.2 Å². The average Bonchev–Trinajstić information content (AvgIpc) is 3.29. The Morgan fingerprint density at radius 1 is 1.12 bits per heavy atom. The predicted molar refractivity (Wildman–Crippen MR) is 91.4 cm³/mol. The second-order valence-electron chi connectivity index (χ2n) is 5.31. The van der Waals surface area contributed by atoms with Gasteiger partial charge >= 0.3 is 5.97 Å². The molecule has 0 bridgehead atoms. The van der Waals surface area contributed by atoms with E-state index in [4.69, 9.17) is 19.3 Å². The van der Waals surface area contributed by atoms with E-state index in [2.05, 4.69) is 4.98 Å². The lowest BCUT2D eigenvalue weighted by Gasteiger charge is -2.07. The van der Waals surface area contributed by atoms with Gasteiger partial charge in [-0.25, -0.2) is 9.78 Å². The number of carboxylic acid groups (broad SMARTS) is 1. The number of rotatable bonds is 5. The fourth-order valence-electron chi connectivity index (χ4n) is 2.44. The lowest BCUT2D eigenvalue weighted by Crippen LogP contribution is -1.99. The van der Waals surface area contributed by atoms with Gasteiger partial charge in [0.25, 0.3) is 0 Å². The van der Waals surface area contributed by atoms with E-state index in [-0.39, 0.29) is 19.1 Å². The molecule has 1 aromatic heterocycles. The van der Waals surface area contributed by atoms with E-state index in [0.717, 1.165) is 22.6 Å². The maximum absolute atomic E-state index is 10.8. The fraction of sp³-hybridized carbons (Fsp3) is 0.111. The summed E-state index contributed by atoms with van der Waals surface area (Å²) in [6.45, 7) is 0.493. The van der Waals surface area contributed by atoms with E-state index in [0.29, 0.717) is 10.8 Å². The van der Waals surface area contributed by atoms with Crippen molar-refractivity contribution in [3.05, 3.63) is 58.5 Å². The Bertz CT molecular complexity index is 919. The highest BCUT2D eigenvalue weighted by Gasteiger charge is 2.14. The van der Waals surface area contributed by atoms with Crippen molar-refractivity contribution in [2.75, 3.05) is 6.79 Å². The van der Waals surface area contributed by atoms with Gasteiger partial charge in [0.15, 0.2) is 17.2 Å². The SMILES string of the molecule is O=C(O)c1csc(COc2ccc(-c3ccc4c(c3)OCO4)cc2)n1. The minimum atomic E-state index is -1.03. The fourth-order valence-corrected chi connectivity index (χ4v) is 3.12. The first-order valence-electron chi connectivity index (χ1n) is 7.49. The molecule has 0 unspecified atom stereocenters. The molecule has 25 heavy (non-hydrogen) atoms. The Balaban J connectivity index is 1.44. The molecule has 0 saturated carbocycles. The molecule has 2 heterocycles. The van der Waals surface area contributed by atoms with Gasteiger partial charge in [-0.2, -0.15) is 0 Å². The van der Waals surface area contributed by atoms with Crippen molar-refractivity contribution in [3.63, 3.8) is 0 Å². The molecule has 0 radical (unpaired) electrons. The molecule has 0 saturated heterocycles. The van der Waals surface area contributed by atoms with Crippen molar-refractivity contribution in [1.82, 2.24) is 4.98 Å². The smallest absolute Gasteiger partial charge is 0.355 e. The first-order chi connectivity index (χ1) is 12.2. The number of aromatic nitrogens is 1. The number of hydrogen-bond acceptors (Lipinski definition) is 6. The van der Waals surface area contributed by atoms with Crippen LogP contribution in [0.3, 0.4) is 0 Å². The molecular formula is C18H13NO5S. The molecule has 1 N–H and O–H groups in total. The van der Waals surface area contributed by atoms with Crippen LogP contribution in [0.1, 0.15) is 15.5 Å². The molecule has 0 spiro atoms. The molecule has 1 aliphatic heterocycles. The third-order valence-corrected chi connectivity index (χ3v) is 4.52. The van der Waals surface area contributed by atoms with Crippen molar-refractivity contribution in [1.29, 1.82) is 0 Å². The van der Waals surface area contributed by atoms with Gasteiger partial charge in [-0.3, -0.25) is 0 Å². The molecular weight excluding hydrogens is 342 g/mol. The Kier molecular flexibility index (Phi) is 3.99. The zero-order valence-electron chi connectivity index (χ0n) is 13.0. The number of hydrogen-bond donors (Lipinski definition) is 1. The minimum Gasteiger partial charge on any atom is -0.486 e. The number of ether oxygens (including phenoxy) is 3. The second kappa shape index (κ2) is 6.45. The molecule has 0 amide bonds. The van der Waals surface area contributed by atoms with Gasteiger partial charge in [-0.05, 0) is 35.4 Å². The summed E-state index contributed by atoms with van der Waals surface area (Å²) in [5.74, 6) is 1.16. The van der Waals surface area contributed by atoms with Crippen LogP contribution in [0.25, 0.3) is 11.1 Å². The first kappa shape index (κ1) is 15.5. The number of thiazole rings is 1. The maximum Gasteiger partial charge on any atom is 0.355 e. The normalized spacial score (nSPS) is 12.2. The Morgan fingerprint density at radius 3 is 2.64 bits per heavy atom. The van der Waals surface area contributed by atoms with Gasteiger partial charge in [0.2, 0.25) is 6.79 Å². The van der Waals surface area contributed by atoms with Crippen LogP contribution in [0.15, 0.2) is 47.8 Å². The van der Waals surface area contributed by atoms with Crippen molar-refractivity contribution in [2.24, 2.45) is 0 Å². The molecule has 7 heteroatoms. The summed E-state index contributed by atoms with van der Waals surface area (Å²) >= 11 is 1.27. The Hall–Kier alpha value is -3.06. The molecule has 126 valence electrons. The van der Waals surface area contributed by atoms with Crippen LogP contribution in [0, 0.1) is 0 Å². The summed E-state index contributed by atoms with van der Waals surface area (Å²) in [7, 11) is 0. The first-order valence-corrected chi connectivity index (χ1v) is 8.37. The molecule has 6 nitrogen and oxygen atoms in total. The largest absolute Gasteiger partial charge is 0.486 e. The summed E-state index contributed by atoms with van der Waals surface area (Å²) < 4.78 is 16.4. The van der Waals surface area contributed by atoms with E-state index in [1.54, 1.807) is 0 Å². The highest BCUT2D eigenvalue weighted by molar-refractivity contribution is 7.09. The van der Waals surface area contributed by atoms with E-state index < -0.39 is 5.97 Å². The summed E-state index contributed by atoms with van der Waals surface area (Å²) in [6, 6.07) is 13.5. The van der Waals surface area contributed by atoms with Crippen LogP contribution >= 0.6 is 11.3 Å². The quantitative estimate of drug-likeness (QED) is 0.750. The van der Waals surface area contributed by atoms with Crippen LogP contribution in [0.4, 0.5) is 0 Å². The molecule has 0 atom stereocenters. The van der Waals surface area contributed by atoms with E-state index >= 15 is 0 Å². The van der Waals surface area contributed by atoms with Gasteiger partial charge in [-0.1, -0.05) is 18.2 Å². The summed E-state index contributed by atoms with van der Waals surface area (Å²) in [4.78, 5) is 14.8. The third-order valence-electron chi connectivity index (χ3n) is 3.69. The summed E-state index contributed by atoms with van der Waals surface area (Å²) in [6.07, 6.45) is 0. The monoisotopic (exact) mass is 355 g/mol. The van der Waals surface area contributed by atoms with Crippen molar-refractivity contribution in [3.8, 4) is 28.4 Å². The molecule has 0 aliphatic carbocycles. The zero-order valence-corrected chi connectivity index (χ0v) is 13.8. The van der Waals surface area contributed by atoms with E-state index in [1.807, 2.05) is 42.5 Å². The van der Waals surface area contributed by atoms with Gasteiger partial charge in [0.05, 0.1) is 0 Å². The standard InChI is InChI=1S/C18H13NO5S/c20-18(21)14-9-25-17(19-14)8-22-13-4-1-11(2-5-13)12-3-6-15-16(7-12)24-10-23-15/h1-7,9H,8,10H2,(H,20,21). The van der Waals surface area contributed by atoms with Gasteiger partial charge < -0.3 is 19.3 Å². The molecule has 0 fully saturated rings. The van der Waals surface area contributed by atoms with Gasteiger partial charge in [0.1, 0.15) is 17.4 Å². The number of aromatic carboxylic acids is 1. The third kappa shape index (κ3) is 3.27. The lowest BCUT2D eigenvalue weighted by molar-refractivity contribution is 0.0691. The topological polar surface area (TPSA) is 77.9 Å². The van der Waals surface area contributed by atoms with Crippen molar-refractivity contribution in [2.45, 2.75) is 6.61 Å². The van der Waals surface area contributed by atoms with Gasteiger partial charge in [0, 0.05) is 5.38 Å². The van der Waals surface area contributed by atoms with Crippen LogP contribution in [-0.4, -0.2) is 22.9 Å². The number of fused-ring (bicyclic) bond motifs is 1. The highest BCUT2D eigenvalue weighted by atomic mass is 32.1. The number of benzene rings is 2. The molecule has 1 aliphatic rings. The Labute approximate surface area is 147 Å².